The summed E-state index contributed by atoms with van der Waals surface area (Å²) in [5.41, 5.74) is 0.117. The molecule has 1 heterocycles. The Morgan fingerprint density at radius 3 is 2.76 bits per heavy atom. The molecular weight excluding hydrogens is 296 g/mol. The number of sulfonamides is 1. The van der Waals surface area contributed by atoms with Crippen LogP contribution in [0.15, 0.2) is 18.2 Å². The Morgan fingerprint density at radius 2 is 2.19 bits per heavy atom. The van der Waals surface area contributed by atoms with Gasteiger partial charge in [0.2, 0.25) is 10.0 Å². The van der Waals surface area contributed by atoms with Gasteiger partial charge in [0.25, 0.3) is 5.91 Å². The molecule has 116 valence electrons. The Hall–Kier alpha value is -1.80. The van der Waals surface area contributed by atoms with Gasteiger partial charge >= 0.3 is 0 Å². The number of benzene rings is 1. The first kappa shape index (κ1) is 15.6. The molecule has 1 aromatic carbocycles. The summed E-state index contributed by atoms with van der Waals surface area (Å²) in [7, 11) is -2.22. The van der Waals surface area contributed by atoms with Crippen LogP contribution in [0.5, 0.6) is 11.5 Å². The maximum atomic E-state index is 12.4. The number of amides is 1. The van der Waals surface area contributed by atoms with E-state index in [-0.39, 0.29) is 17.9 Å². The third-order valence-electron chi connectivity index (χ3n) is 3.57. The van der Waals surface area contributed by atoms with Crippen LogP contribution in [0, 0.1) is 0 Å². The van der Waals surface area contributed by atoms with Crippen molar-refractivity contribution in [3.63, 3.8) is 0 Å². The third kappa shape index (κ3) is 3.45. The lowest BCUT2D eigenvalue weighted by Crippen LogP contribution is -2.47. The van der Waals surface area contributed by atoms with Crippen molar-refractivity contribution in [1.82, 2.24) is 4.90 Å². The molecule has 3 N–H and O–H groups in total. The highest BCUT2D eigenvalue weighted by atomic mass is 32.2. The number of phenols is 1. The number of carbonyl (C=O) groups is 1. The van der Waals surface area contributed by atoms with Crippen LogP contribution in [0.4, 0.5) is 0 Å². The van der Waals surface area contributed by atoms with Crippen molar-refractivity contribution in [3.8, 4) is 11.5 Å². The zero-order valence-electron chi connectivity index (χ0n) is 11.7. The predicted octanol–water partition coefficient (Wildman–Crippen LogP) is 0.294. The minimum Gasteiger partial charge on any atom is -0.507 e. The van der Waals surface area contributed by atoms with E-state index in [4.69, 9.17) is 9.88 Å². The molecule has 1 amide bonds. The van der Waals surface area contributed by atoms with Crippen LogP contribution in [0.2, 0.25) is 0 Å². The second-order valence-electron chi connectivity index (χ2n) is 4.99. The molecule has 0 spiro atoms. The zero-order chi connectivity index (χ0) is 15.6. The third-order valence-corrected chi connectivity index (χ3v) is 4.88. The Bertz CT molecular complexity index is 644. The molecule has 0 saturated carbocycles. The average Bonchev–Trinajstić information content (AvgIpc) is 2.45. The van der Waals surface area contributed by atoms with Crippen molar-refractivity contribution in [2.75, 3.05) is 20.2 Å². The van der Waals surface area contributed by atoms with Crippen molar-refractivity contribution >= 4 is 15.9 Å². The zero-order valence-corrected chi connectivity index (χ0v) is 12.5. The Labute approximate surface area is 123 Å². The first-order valence-electron chi connectivity index (χ1n) is 6.51. The van der Waals surface area contributed by atoms with Crippen LogP contribution < -0.4 is 9.88 Å². The molecule has 7 nitrogen and oxygen atoms in total. The Kier molecular flexibility index (Phi) is 4.38. The molecule has 0 radical (unpaired) electrons. The fourth-order valence-electron chi connectivity index (χ4n) is 2.38. The van der Waals surface area contributed by atoms with Crippen LogP contribution in [-0.4, -0.2) is 49.8 Å². The molecule has 1 fully saturated rings. The molecule has 1 aliphatic rings. The standard InChI is InChI=1S/C13H18N2O5S/c1-20-9-4-5-11(12(16)7-9)13(17)15-6-2-3-10(8-15)21(14,18)19/h4-5,7,10,16H,2-3,6,8H2,1H3,(H2,14,18,19). The van der Waals surface area contributed by atoms with Crippen LogP contribution in [0.3, 0.4) is 0 Å². The van der Waals surface area contributed by atoms with Crippen LogP contribution in [0.1, 0.15) is 23.2 Å². The highest BCUT2D eigenvalue weighted by Crippen LogP contribution is 2.26. The number of hydrogen-bond acceptors (Lipinski definition) is 5. The highest BCUT2D eigenvalue weighted by Gasteiger charge is 2.31. The van der Waals surface area contributed by atoms with Crippen molar-refractivity contribution in [1.29, 1.82) is 0 Å². The monoisotopic (exact) mass is 314 g/mol. The van der Waals surface area contributed by atoms with Gasteiger partial charge in [-0.15, -0.1) is 0 Å². The van der Waals surface area contributed by atoms with Gasteiger partial charge < -0.3 is 14.7 Å². The van der Waals surface area contributed by atoms with E-state index in [1.807, 2.05) is 0 Å². The van der Waals surface area contributed by atoms with E-state index in [1.165, 1.54) is 24.1 Å². The van der Waals surface area contributed by atoms with E-state index >= 15 is 0 Å². The van der Waals surface area contributed by atoms with E-state index < -0.39 is 21.2 Å². The van der Waals surface area contributed by atoms with Gasteiger partial charge in [0, 0.05) is 19.2 Å². The second-order valence-corrected chi connectivity index (χ2v) is 6.83. The van der Waals surface area contributed by atoms with Gasteiger partial charge in [-0.1, -0.05) is 0 Å². The van der Waals surface area contributed by atoms with Crippen LogP contribution >= 0.6 is 0 Å². The molecule has 1 unspecified atom stereocenters. The summed E-state index contributed by atoms with van der Waals surface area (Å²) in [5, 5.41) is 14.3. The van der Waals surface area contributed by atoms with E-state index in [0.717, 1.165) is 0 Å². The van der Waals surface area contributed by atoms with Gasteiger partial charge in [-0.2, -0.15) is 0 Å². The summed E-state index contributed by atoms with van der Waals surface area (Å²) in [6, 6.07) is 4.36. The van der Waals surface area contributed by atoms with Gasteiger partial charge in [0.1, 0.15) is 11.5 Å². The largest absolute Gasteiger partial charge is 0.507 e. The summed E-state index contributed by atoms with van der Waals surface area (Å²) in [6.45, 7) is 0.486. The predicted molar refractivity (Wildman–Crippen MR) is 76.7 cm³/mol. The molecular formula is C13H18N2O5S. The minimum absolute atomic E-state index is 0.0448. The summed E-state index contributed by atoms with van der Waals surface area (Å²) in [4.78, 5) is 13.8. The number of piperidine rings is 1. The summed E-state index contributed by atoms with van der Waals surface area (Å²) in [6.07, 6.45) is 1.00. The molecule has 8 heteroatoms. The lowest BCUT2D eigenvalue weighted by molar-refractivity contribution is 0.0724. The Balaban J connectivity index is 2.20. The van der Waals surface area contributed by atoms with Gasteiger partial charge in [-0.25, -0.2) is 13.6 Å². The first-order valence-corrected chi connectivity index (χ1v) is 8.11. The summed E-state index contributed by atoms with van der Waals surface area (Å²) < 4.78 is 27.8. The lowest BCUT2D eigenvalue weighted by atomic mass is 10.1. The van der Waals surface area contributed by atoms with Gasteiger partial charge in [0.05, 0.1) is 17.9 Å². The van der Waals surface area contributed by atoms with Crippen molar-refractivity contribution in [2.24, 2.45) is 5.14 Å². The van der Waals surface area contributed by atoms with Crippen LogP contribution in [0.25, 0.3) is 0 Å². The number of likely N-dealkylation sites (tertiary alicyclic amines) is 1. The molecule has 1 atom stereocenters. The number of nitrogens with two attached hydrogens (primary N) is 1. The molecule has 1 aromatic rings. The molecule has 1 saturated heterocycles. The van der Waals surface area contributed by atoms with Crippen molar-refractivity contribution < 1.29 is 23.1 Å². The lowest BCUT2D eigenvalue weighted by Gasteiger charge is -2.31. The molecule has 0 aromatic heterocycles. The summed E-state index contributed by atoms with van der Waals surface area (Å²) in [5.74, 6) is -0.175. The quantitative estimate of drug-likeness (QED) is 0.833. The number of methoxy groups -OCH3 is 1. The molecule has 0 aliphatic carbocycles. The van der Waals surface area contributed by atoms with E-state index in [1.54, 1.807) is 6.07 Å². The number of primary sulfonamides is 1. The van der Waals surface area contributed by atoms with Gasteiger partial charge in [-0.05, 0) is 25.0 Å². The number of rotatable bonds is 3. The minimum atomic E-state index is -3.67. The SMILES string of the molecule is COc1ccc(C(=O)N2CCCC(S(N)(=O)=O)C2)c(O)c1. The molecule has 21 heavy (non-hydrogen) atoms. The van der Waals surface area contributed by atoms with Crippen molar-refractivity contribution in [2.45, 2.75) is 18.1 Å². The maximum absolute atomic E-state index is 12.4. The van der Waals surface area contributed by atoms with E-state index in [0.29, 0.717) is 25.1 Å². The molecule has 0 bridgehead atoms. The number of ether oxygens (including phenoxy) is 1. The van der Waals surface area contributed by atoms with Crippen molar-refractivity contribution in [3.05, 3.63) is 23.8 Å². The maximum Gasteiger partial charge on any atom is 0.257 e. The molecule has 2 rings (SSSR count). The van der Waals surface area contributed by atoms with E-state index in [9.17, 15) is 18.3 Å². The summed E-state index contributed by atoms with van der Waals surface area (Å²) >= 11 is 0. The number of hydrogen-bond donors (Lipinski definition) is 2. The fraction of sp³-hybridized carbons (Fsp3) is 0.462. The van der Waals surface area contributed by atoms with Gasteiger partial charge in [0.15, 0.2) is 0 Å². The molecule has 1 aliphatic heterocycles. The Morgan fingerprint density at radius 1 is 1.48 bits per heavy atom. The normalized spacial score (nSPS) is 19.3. The van der Waals surface area contributed by atoms with E-state index in [2.05, 4.69) is 0 Å². The second kappa shape index (κ2) is 5.90. The number of phenolic OH excluding ortho intramolecular Hbond substituents is 1. The topological polar surface area (TPSA) is 110 Å². The number of carbonyl (C=O) groups excluding carboxylic acids is 1. The first-order chi connectivity index (χ1) is 9.82. The van der Waals surface area contributed by atoms with Gasteiger partial charge in [-0.3, -0.25) is 4.79 Å². The highest BCUT2D eigenvalue weighted by molar-refractivity contribution is 7.89. The smallest absolute Gasteiger partial charge is 0.257 e. The average molecular weight is 314 g/mol. The fourth-order valence-corrected chi connectivity index (χ4v) is 3.26. The number of nitrogens with zero attached hydrogens (tertiary/aromatic N) is 1. The van der Waals surface area contributed by atoms with Crippen LogP contribution in [-0.2, 0) is 10.0 Å². The number of aromatic hydroxyl groups is 1.